The molecule has 3 rings (SSSR count). The van der Waals surface area contributed by atoms with Crippen molar-refractivity contribution in [3.63, 3.8) is 0 Å². The van der Waals surface area contributed by atoms with Gasteiger partial charge in [-0.15, -0.1) is 0 Å². The van der Waals surface area contributed by atoms with Crippen LogP contribution in [0.1, 0.15) is 6.92 Å². The van der Waals surface area contributed by atoms with Crippen molar-refractivity contribution in [3.05, 3.63) is 46.8 Å². The van der Waals surface area contributed by atoms with E-state index in [4.69, 9.17) is 27.5 Å². The molecule has 1 aliphatic rings. The number of ether oxygens (including phenoxy) is 1. The molecule has 1 aliphatic heterocycles. The summed E-state index contributed by atoms with van der Waals surface area (Å²) in [6, 6.07) is 5.99. The minimum absolute atomic E-state index is 0.204. The lowest BCUT2D eigenvalue weighted by atomic mass is 10.1. The Morgan fingerprint density at radius 1 is 1.42 bits per heavy atom. The minimum Gasteiger partial charge on any atom is -0.384 e. The molecular weight excluding hydrogens is 357 g/mol. The zero-order chi connectivity index (χ0) is 18.7. The highest BCUT2D eigenvalue weighted by Crippen LogP contribution is 2.27. The highest BCUT2D eigenvalue weighted by atomic mass is 35.5. The molecule has 1 unspecified atom stereocenters. The summed E-state index contributed by atoms with van der Waals surface area (Å²) in [5, 5.41) is 7.80. The number of nitrogen functional groups attached to an aromatic ring is 1. The normalized spacial score (nSPS) is 18.0. The Morgan fingerprint density at radius 2 is 2.23 bits per heavy atom. The molecule has 2 heterocycles. The maximum atomic E-state index is 14.2. The molecule has 0 amide bonds. The molecule has 1 aromatic carbocycles. The number of morpholine rings is 1. The van der Waals surface area contributed by atoms with Gasteiger partial charge in [-0.05, 0) is 30.7 Å². The molecule has 0 saturated carbocycles. The molecule has 1 atom stereocenters. The molecule has 2 aromatic rings. The quantitative estimate of drug-likeness (QED) is 0.800. The van der Waals surface area contributed by atoms with Gasteiger partial charge >= 0.3 is 0 Å². The summed E-state index contributed by atoms with van der Waals surface area (Å²) in [6.07, 6.45) is 2.92. The van der Waals surface area contributed by atoms with Crippen LogP contribution in [0.15, 0.2) is 35.9 Å². The Morgan fingerprint density at radius 3 is 2.92 bits per heavy atom. The molecule has 0 bridgehead atoms. The Labute approximate surface area is 156 Å². The number of nitrogens with one attached hydrogen (secondary N) is 1. The maximum absolute atomic E-state index is 14.2. The Balaban J connectivity index is 1.93. The van der Waals surface area contributed by atoms with Crippen LogP contribution < -0.4 is 10.6 Å². The van der Waals surface area contributed by atoms with E-state index in [1.165, 1.54) is 18.3 Å². The number of hydrogen-bond acceptors (Lipinski definition) is 6. The SMILES string of the molecule is C/C=C(\C=N)C1CN(c2cc(N)nc(-c3ccc(Cl)cc3F)n2)CCO1. The van der Waals surface area contributed by atoms with Crippen LogP contribution in [-0.4, -0.2) is 42.0 Å². The number of halogens is 2. The predicted molar refractivity (Wildman–Crippen MR) is 101 cm³/mol. The zero-order valence-electron chi connectivity index (χ0n) is 14.2. The highest BCUT2D eigenvalue weighted by Gasteiger charge is 2.24. The third-order valence-corrected chi connectivity index (χ3v) is 4.40. The average molecular weight is 376 g/mol. The summed E-state index contributed by atoms with van der Waals surface area (Å²) in [7, 11) is 0. The van der Waals surface area contributed by atoms with Gasteiger partial charge in [-0.25, -0.2) is 14.4 Å². The molecule has 8 heteroatoms. The van der Waals surface area contributed by atoms with Gasteiger partial charge in [0.15, 0.2) is 5.82 Å². The summed E-state index contributed by atoms with van der Waals surface area (Å²) < 4.78 is 20.0. The van der Waals surface area contributed by atoms with Gasteiger partial charge in [-0.3, -0.25) is 0 Å². The summed E-state index contributed by atoms with van der Waals surface area (Å²) in [5.74, 6) is 0.542. The van der Waals surface area contributed by atoms with Gasteiger partial charge in [0.2, 0.25) is 0 Å². The molecule has 26 heavy (non-hydrogen) atoms. The molecule has 6 nitrogen and oxygen atoms in total. The second-order valence-electron chi connectivity index (χ2n) is 5.84. The van der Waals surface area contributed by atoms with Gasteiger partial charge < -0.3 is 20.8 Å². The van der Waals surface area contributed by atoms with E-state index in [1.54, 1.807) is 12.1 Å². The Hall–Kier alpha value is -2.51. The molecule has 0 radical (unpaired) electrons. The minimum atomic E-state index is -0.506. The van der Waals surface area contributed by atoms with Gasteiger partial charge in [0.1, 0.15) is 23.6 Å². The number of hydrogen-bond donors (Lipinski definition) is 2. The molecule has 3 N–H and O–H groups in total. The van der Waals surface area contributed by atoms with E-state index in [1.807, 2.05) is 17.9 Å². The fourth-order valence-corrected chi connectivity index (χ4v) is 2.99. The van der Waals surface area contributed by atoms with Gasteiger partial charge in [-0.1, -0.05) is 17.7 Å². The predicted octanol–water partition coefficient (Wildman–Crippen LogP) is 3.32. The van der Waals surface area contributed by atoms with Crippen molar-refractivity contribution in [1.29, 1.82) is 5.41 Å². The first-order chi connectivity index (χ1) is 12.5. The standard InChI is InChI=1S/C18H19ClFN5O/c1-2-11(9-21)15-10-25(5-6-26-15)17-8-16(22)23-18(24-17)13-4-3-12(19)7-14(13)20/h2-4,7-9,15,21H,5-6,10H2,1H3,(H2,22,23,24)/b11-2+,21-9?. The third-order valence-electron chi connectivity index (χ3n) is 4.17. The second kappa shape index (κ2) is 7.80. The fourth-order valence-electron chi connectivity index (χ4n) is 2.83. The topological polar surface area (TPSA) is 88.1 Å². The van der Waals surface area contributed by atoms with E-state index in [0.717, 1.165) is 5.57 Å². The zero-order valence-corrected chi connectivity index (χ0v) is 15.0. The Kier molecular flexibility index (Phi) is 5.49. The lowest BCUT2D eigenvalue weighted by molar-refractivity contribution is 0.0677. The number of allylic oxidation sites excluding steroid dienone is 1. The van der Waals surface area contributed by atoms with E-state index in [9.17, 15) is 4.39 Å². The van der Waals surface area contributed by atoms with Gasteiger partial charge in [0.05, 0.1) is 12.2 Å². The van der Waals surface area contributed by atoms with Gasteiger partial charge in [-0.2, -0.15) is 0 Å². The Bertz CT molecular complexity index is 857. The van der Waals surface area contributed by atoms with Crippen LogP contribution >= 0.6 is 11.6 Å². The van der Waals surface area contributed by atoms with Crippen molar-refractivity contribution in [2.45, 2.75) is 13.0 Å². The number of nitrogens with zero attached hydrogens (tertiary/aromatic N) is 3. The molecule has 1 saturated heterocycles. The number of anilines is 2. The lowest BCUT2D eigenvalue weighted by Gasteiger charge is -2.34. The first kappa shape index (κ1) is 18.3. The van der Waals surface area contributed by atoms with E-state index < -0.39 is 5.82 Å². The van der Waals surface area contributed by atoms with E-state index in [2.05, 4.69) is 9.97 Å². The molecule has 0 aliphatic carbocycles. The molecule has 1 aromatic heterocycles. The molecule has 1 fully saturated rings. The van der Waals surface area contributed by atoms with Crippen LogP contribution in [0.5, 0.6) is 0 Å². The van der Waals surface area contributed by atoms with Crippen LogP contribution in [-0.2, 0) is 4.74 Å². The smallest absolute Gasteiger partial charge is 0.166 e. The number of aromatic nitrogens is 2. The van der Waals surface area contributed by atoms with Gasteiger partial charge in [0, 0.05) is 30.4 Å². The van der Waals surface area contributed by atoms with Crippen LogP contribution in [0.4, 0.5) is 16.0 Å². The van der Waals surface area contributed by atoms with E-state index in [0.29, 0.717) is 30.5 Å². The summed E-state index contributed by atoms with van der Waals surface area (Å²) in [5.41, 5.74) is 6.95. The van der Waals surface area contributed by atoms with Crippen molar-refractivity contribution in [3.8, 4) is 11.4 Å². The number of nitrogens with two attached hydrogens (primary N) is 1. The van der Waals surface area contributed by atoms with Crippen molar-refractivity contribution >= 4 is 29.5 Å². The van der Waals surface area contributed by atoms with Crippen LogP contribution in [0.3, 0.4) is 0 Å². The second-order valence-corrected chi connectivity index (χ2v) is 6.27. The van der Waals surface area contributed by atoms with Crippen LogP contribution in [0.25, 0.3) is 11.4 Å². The fraction of sp³-hybridized carbons (Fsp3) is 0.278. The molecular formula is C18H19ClFN5O. The number of rotatable bonds is 4. The van der Waals surface area contributed by atoms with Crippen LogP contribution in [0, 0.1) is 11.2 Å². The maximum Gasteiger partial charge on any atom is 0.166 e. The first-order valence-corrected chi connectivity index (χ1v) is 8.53. The van der Waals surface area contributed by atoms with Crippen molar-refractivity contribution in [2.75, 3.05) is 30.3 Å². The first-order valence-electron chi connectivity index (χ1n) is 8.15. The molecule has 136 valence electrons. The highest BCUT2D eigenvalue weighted by molar-refractivity contribution is 6.30. The van der Waals surface area contributed by atoms with E-state index in [-0.39, 0.29) is 23.3 Å². The number of benzene rings is 1. The lowest BCUT2D eigenvalue weighted by Crippen LogP contribution is -2.44. The monoisotopic (exact) mass is 375 g/mol. The van der Waals surface area contributed by atoms with Crippen LogP contribution in [0.2, 0.25) is 5.02 Å². The third kappa shape index (κ3) is 3.84. The van der Waals surface area contributed by atoms with Crippen molar-refractivity contribution in [2.24, 2.45) is 0 Å². The van der Waals surface area contributed by atoms with Gasteiger partial charge in [0.25, 0.3) is 0 Å². The van der Waals surface area contributed by atoms with E-state index >= 15 is 0 Å². The summed E-state index contributed by atoms with van der Waals surface area (Å²) in [4.78, 5) is 10.6. The molecule has 0 spiro atoms. The largest absolute Gasteiger partial charge is 0.384 e. The summed E-state index contributed by atoms with van der Waals surface area (Å²) >= 11 is 5.81. The summed E-state index contributed by atoms with van der Waals surface area (Å²) in [6.45, 7) is 3.50. The van der Waals surface area contributed by atoms with Crippen molar-refractivity contribution in [1.82, 2.24) is 9.97 Å². The van der Waals surface area contributed by atoms with Crippen molar-refractivity contribution < 1.29 is 9.13 Å². The average Bonchev–Trinajstić information content (AvgIpc) is 2.62.